The van der Waals surface area contributed by atoms with Gasteiger partial charge >= 0.3 is 0 Å². The normalized spacial score (nSPS) is 17.4. The van der Waals surface area contributed by atoms with E-state index in [1.54, 1.807) is 11.3 Å². The number of thiophene rings is 1. The molecular weight excluding hydrogens is 296 g/mol. The van der Waals surface area contributed by atoms with Gasteiger partial charge in [0.2, 0.25) is 5.91 Å². The van der Waals surface area contributed by atoms with Gasteiger partial charge in [0.15, 0.2) is 0 Å². The van der Waals surface area contributed by atoms with Crippen LogP contribution in [0.15, 0.2) is 0 Å². The van der Waals surface area contributed by atoms with Gasteiger partial charge in [0.05, 0.1) is 5.56 Å². The van der Waals surface area contributed by atoms with Crippen LogP contribution in [0.5, 0.6) is 0 Å². The van der Waals surface area contributed by atoms with E-state index in [2.05, 4.69) is 12.2 Å². The Morgan fingerprint density at radius 3 is 2.73 bits per heavy atom. The second-order valence-corrected chi connectivity index (χ2v) is 7.72. The third-order valence-corrected chi connectivity index (χ3v) is 5.33. The molecule has 1 aromatic rings. The molecule has 3 N–H and O–H groups in total. The van der Waals surface area contributed by atoms with Crippen LogP contribution < -0.4 is 11.1 Å². The largest absolute Gasteiger partial charge is 0.365 e. The van der Waals surface area contributed by atoms with Crippen LogP contribution in [0.1, 0.15) is 67.3 Å². The van der Waals surface area contributed by atoms with Gasteiger partial charge in [-0.3, -0.25) is 9.59 Å². The summed E-state index contributed by atoms with van der Waals surface area (Å²) in [4.78, 5) is 25.1. The molecule has 1 heterocycles. The third kappa shape index (κ3) is 3.88. The smallest absolute Gasteiger partial charge is 0.251 e. The molecule has 0 radical (unpaired) electrons. The Bertz CT molecular complexity index is 563. The van der Waals surface area contributed by atoms with Crippen LogP contribution in [-0.2, 0) is 17.6 Å². The molecule has 1 aliphatic carbocycles. The molecule has 122 valence electrons. The summed E-state index contributed by atoms with van der Waals surface area (Å²) in [6.45, 7) is 6.21. The first-order chi connectivity index (χ1) is 10.4. The molecule has 1 aromatic heterocycles. The Morgan fingerprint density at radius 2 is 2.14 bits per heavy atom. The number of hydrogen-bond acceptors (Lipinski definition) is 3. The fourth-order valence-corrected chi connectivity index (χ4v) is 4.59. The Kier molecular flexibility index (Phi) is 5.62. The molecule has 0 fully saturated rings. The number of hydrogen-bond donors (Lipinski definition) is 2. The van der Waals surface area contributed by atoms with Crippen molar-refractivity contribution in [3.63, 3.8) is 0 Å². The molecule has 1 unspecified atom stereocenters. The highest BCUT2D eigenvalue weighted by Crippen LogP contribution is 2.40. The maximum absolute atomic E-state index is 12.0. The van der Waals surface area contributed by atoms with E-state index in [-0.39, 0.29) is 5.91 Å². The number of carbonyl (C=O) groups is 2. The molecule has 2 rings (SSSR count). The van der Waals surface area contributed by atoms with Crippen molar-refractivity contribution < 1.29 is 9.59 Å². The molecular formula is C17H26N2O2S. The summed E-state index contributed by atoms with van der Waals surface area (Å²) in [6.07, 6.45) is 5.88. The molecule has 0 aromatic carbocycles. The molecule has 4 nitrogen and oxygen atoms in total. The minimum Gasteiger partial charge on any atom is -0.365 e. The van der Waals surface area contributed by atoms with E-state index in [0.717, 1.165) is 24.8 Å². The number of carbonyl (C=O) groups excluding carboxylic acids is 2. The van der Waals surface area contributed by atoms with Crippen LogP contribution in [-0.4, -0.2) is 11.8 Å². The lowest BCUT2D eigenvalue weighted by Gasteiger charge is -2.21. The average Bonchev–Trinajstić information content (AvgIpc) is 2.74. The number of primary amides is 1. The van der Waals surface area contributed by atoms with Gasteiger partial charge in [-0.2, -0.15) is 0 Å². The first kappa shape index (κ1) is 17.0. The fraction of sp³-hybridized carbons (Fsp3) is 0.647. The van der Waals surface area contributed by atoms with Crippen LogP contribution in [0.4, 0.5) is 5.00 Å². The molecule has 0 aliphatic heterocycles. The van der Waals surface area contributed by atoms with Crippen molar-refractivity contribution in [1.82, 2.24) is 0 Å². The summed E-state index contributed by atoms with van der Waals surface area (Å²) < 4.78 is 0. The molecule has 0 bridgehead atoms. The van der Waals surface area contributed by atoms with Crippen molar-refractivity contribution in [2.24, 2.45) is 17.6 Å². The second kappa shape index (κ2) is 7.27. The van der Waals surface area contributed by atoms with E-state index in [9.17, 15) is 9.59 Å². The lowest BCUT2D eigenvalue weighted by Crippen LogP contribution is -2.20. The van der Waals surface area contributed by atoms with Crippen molar-refractivity contribution in [3.8, 4) is 0 Å². The predicted molar refractivity (Wildman–Crippen MR) is 91.3 cm³/mol. The van der Waals surface area contributed by atoms with Crippen LogP contribution in [0.3, 0.4) is 0 Å². The third-order valence-electron chi connectivity index (χ3n) is 4.16. The number of anilines is 1. The highest BCUT2D eigenvalue weighted by atomic mass is 32.1. The summed E-state index contributed by atoms with van der Waals surface area (Å²) in [7, 11) is 0. The Labute approximate surface area is 136 Å². The molecule has 1 aliphatic rings. The maximum atomic E-state index is 12.0. The number of fused-ring (bicyclic) bond motifs is 1. The maximum Gasteiger partial charge on any atom is 0.251 e. The first-order valence-corrected chi connectivity index (χ1v) is 8.98. The number of amides is 2. The van der Waals surface area contributed by atoms with Crippen molar-refractivity contribution in [2.45, 2.75) is 59.3 Å². The quantitative estimate of drug-likeness (QED) is 0.837. The minimum atomic E-state index is -0.425. The Balaban J connectivity index is 2.24. The van der Waals surface area contributed by atoms with Crippen molar-refractivity contribution in [2.75, 3.05) is 5.32 Å². The van der Waals surface area contributed by atoms with Gasteiger partial charge in [-0.15, -0.1) is 11.3 Å². The van der Waals surface area contributed by atoms with Crippen LogP contribution in [0, 0.1) is 11.8 Å². The predicted octanol–water partition coefficient (Wildman–Crippen LogP) is 3.74. The van der Waals surface area contributed by atoms with Gasteiger partial charge in [-0.1, -0.05) is 33.6 Å². The van der Waals surface area contributed by atoms with Gasteiger partial charge in [-0.05, 0) is 36.7 Å². The fourth-order valence-electron chi connectivity index (χ4n) is 3.21. The lowest BCUT2D eigenvalue weighted by atomic mass is 9.84. The number of rotatable bonds is 6. The Morgan fingerprint density at radius 1 is 1.41 bits per heavy atom. The zero-order chi connectivity index (χ0) is 16.3. The molecule has 0 spiro atoms. The van der Waals surface area contributed by atoms with Gasteiger partial charge in [0, 0.05) is 11.3 Å². The van der Waals surface area contributed by atoms with E-state index in [1.807, 2.05) is 13.8 Å². The summed E-state index contributed by atoms with van der Waals surface area (Å²) in [5, 5.41) is 3.56. The van der Waals surface area contributed by atoms with Gasteiger partial charge in [-0.25, -0.2) is 0 Å². The molecule has 2 amide bonds. The summed E-state index contributed by atoms with van der Waals surface area (Å²) in [5.41, 5.74) is 7.19. The first-order valence-electron chi connectivity index (χ1n) is 8.16. The van der Waals surface area contributed by atoms with E-state index in [4.69, 9.17) is 5.73 Å². The summed E-state index contributed by atoms with van der Waals surface area (Å²) >= 11 is 1.54. The van der Waals surface area contributed by atoms with Crippen LogP contribution in [0.2, 0.25) is 0 Å². The van der Waals surface area contributed by atoms with Crippen molar-refractivity contribution in [3.05, 3.63) is 16.0 Å². The highest BCUT2D eigenvalue weighted by Gasteiger charge is 2.28. The van der Waals surface area contributed by atoms with E-state index in [1.165, 1.54) is 17.7 Å². The van der Waals surface area contributed by atoms with Crippen molar-refractivity contribution >= 4 is 28.2 Å². The van der Waals surface area contributed by atoms with Gasteiger partial charge in [0.1, 0.15) is 5.00 Å². The topological polar surface area (TPSA) is 72.2 Å². The highest BCUT2D eigenvalue weighted by molar-refractivity contribution is 7.17. The molecule has 5 heteroatoms. The van der Waals surface area contributed by atoms with E-state index >= 15 is 0 Å². The molecule has 0 saturated heterocycles. The molecule has 22 heavy (non-hydrogen) atoms. The van der Waals surface area contributed by atoms with Gasteiger partial charge < -0.3 is 11.1 Å². The number of nitrogens with two attached hydrogens (primary N) is 1. The second-order valence-electron chi connectivity index (χ2n) is 6.62. The monoisotopic (exact) mass is 322 g/mol. The minimum absolute atomic E-state index is 0.0406. The average molecular weight is 322 g/mol. The Hall–Kier alpha value is -1.36. The SMILES string of the molecule is CCCC1CCc2c(sc(NC(=O)CC(C)C)c2C(N)=O)C1. The summed E-state index contributed by atoms with van der Waals surface area (Å²) in [5.74, 6) is 0.518. The molecule has 0 saturated carbocycles. The molecule has 1 atom stereocenters. The lowest BCUT2D eigenvalue weighted by molar-refractivity contribution is -0.116. The van der Waals surface area contributed by atoms with Crippen LogP contribution >= 0.6 is 11.3 Å². The van der Waals surface area contributed by atoms with Gasteiger partial charge in [0.25, 0.3) is 5.91 Å². The standard InChI is InChI=1S/C17H26N2O2S/c1-4-5-11-6-7-12-13(9-11)22-17(15(12)16(18)21)19-14(20)8-10(2)3/h10-11H,4-9H2,1-3H3,(H2,18,21)(H,19,20). The zero-order valence-corrected chi connectivity index (χ0v) is 14.5. The zero-order valence-electron chi connectivity index (χ0n) is 13.7. The summed E-state index contributed by atoms with van der Waals surface area (Å²) in [6, 6.07) is 0. The number of nitrogens with one attached hydrogen (secondary N) is 1. The van der Waals surface area contributed by atoms with E-state index < -0.39 is 5.91 Å². The van der Waals surface area contributed by atoms with Crippen molar-refractivity contribution in [1.29, 1.82) is 0 Å². The van der Waals surface area contributed by atoms with E-state index in [0.29, 0.717) is 28.8 Å². The van der Waals surface area contributed by atoms with Crippen LogP contribution in [0.25, 0.3) is 0 Å².